The standard InChI is InChI=1S/K.H2O4S.V.H/c;1-5(2,3)4;;/h;(H2,1,2,3,4);;/q+1;;;-1. The van der Waals surface area contributed by atoms with E-state index in [1.807, 2.05) is 0 Å². The Kier molecular flexibility index (Phi) is 14.2. The first-order valence-corrected chi connectivity index (χ1v) is 2.10. The van der Waals surface area contributed by atoms with Gasteiger partial charge < -0.3 is 1.43 Å². The number of hydrogen-bond donors (Lipinski definition) is 2. The molecule has 0 saturated heterocycles. The van der Waals surface area contributed by atoms with E-state index in [1.165, 1.54) is 0 Å². The van der Waals surface area contributed by atoms with Crippen molar-refractivity contribution in [3.63, 3.8) is 0 Å². The van der Waals surface area contributed by atoms with Crippen LogP contribution in [0.25, 0.3) is 0 Å². The minimum Gasteiger partial charge on any atom is -1.00 e. The molecule has 0 atom stereocenters. The first kappa shape index (κ1) is 16.0. The predicted octanol–water partition coefficient (Wildman–Crippen LogP) is -3.54. The number of rotatable bonds is 0. The molecule has 0 aromatic carbocycles. The summed E-state index contributed by atoms with van der Waals surface area (Å²) in [5.41, 5.74) is 0. The molecule has 0 aromatic rings. The molecule has 0 aliphatic rings. The molecule has 0 saturated carbocycles. The summed E-state index contributed by atoms with van der Waals surface area (Å²) in [6.45, 7) is 0. The minimum absolute atomic E-state index is 0. The molecule has 0 spiro atoms. The zero-order valence-electron chi connectivity index (χ0n) is 4.57. The fraction of sp³-hybridized carbons (Fsp3) is 0. The van der Waals surface area contributed by atoms with E-state index >= 15 is 0 Å². The van der Waals surface area contributed by atoms with Crippen LogP contribution in [-0.4, -0.2) is 17.5 Å². The van der Waals surface area contributed by atoms with Gasteiger partial charge in [-0.05, 0) is 0 Å². The smallest absolute Gasteiger partial charge is 1.00 e. The van der Waals surface area contributed by atoms with Gasteiger partial charge in [-0.1, -0.05) is 0 Å². The van der Waals surface area contributed by atoms with E-state index in [2.05, 4.69) is 0 Å². The summed E-state index contributed by atoms with van der Waals surface area (Å²) in [5.74, 6) is 0. The quantitative estimate of drug-likeness (QED) is 0.306. The minimum atomic E-state index is -4.67. The molecule has 4 nitrogen and oxygen atoms in total. The maximum atomic E-state index is 8.74. The van der Waals surface area contributed by atoms with E-state index in [1.54, 1.807) is 0 Å². The van der Waals surface area contributed by atoms with Crippen molar-refractivity contribution in [3.8, 4) is 0 Å². The monoisotopic (exact) mass is 189 g/mol. The number of hydrogen-bond acceptors (Lipinski definition) is 2. The average Bonchev–Trinajstić information content (AvgIpc) is 0.722. The molecule has 2 N–H and O–H groups in total. The summed E-state index contributed by atoms with van der Waals surface area (Å²) >= 11 is 0. The van der Waals surface area contributed by atoms with Gasteiger partial charge in [-0.2, -0.15) is 8.42 Å². The largest absolute Gasteiger partial charge is 1.00 e. The first-order valence-electron chi connectivity index (χ1n) is 0.698. The second kappa shape index (κ2) is 6.21. The Bertz CT molecular complexity index is 99.2. The average molecular weight is 189 g/mol. The molecular weight excluding hydrogens is 186 g/mol. The van der Waals surface area contributed by atoms with Gasteiger partial charge in [0.2, 0.25) is 0 Å². The third-order valence-corrected chi connectivity index (χ3v) is 0. The van der Waals surface area contributed by atoms with Crippen LogP contribution in [0.3, 0.4) is 0 Å². The van der Waals surface area contributed by atoms with Crippen LogP contribution < -0.4 is 51.4 Å². The normalized spacial score (nSPS) is 8.29. The zero-order valence-corrected chi connectivity index (χ0v) is 8.90. The van der Waals surface area contributed by atoms with Crippen LogP contribution in [0.2, 0.25) is 0 Å². The summed E-state index contributed by atoms with van der Waals surface area (Å²) < 4.78 is 31.6. The van der Waals surface area contributed by atoms with Gasteiger partial charge in [-0.25, -0.2) is 0 Å². The van der Waals surface area contributed by atoms with Crippen molar-refractivity contribution in [2.45, 2.75) is 0 Å². The van der Waals surface area contributed by atoms with Crippen molar-refractivity contribution < 1.29 is 88.9 Å². The molecule has 0 aromatic heterocycles. The van der Waals surface area contributed by atoms with Gasteiger partial charge in [0.1, 0.15) is 0 Å². The van der Waals surface area contributed by atoms with Gasteiger partial charge in [0.05, 0.1) is 0 Å². The van der Waals surface area contributed by atoms with Gasteiger partial charge in [-0.3, -0.25) is 9.11 Å². The van der Waals surface area contributed by atoms with E-state index in [-0.39, 0.29) is 71.4 Å². The van der Waals surface area contributed by atoms with Gasteiger partial charge in [0.15, 0.2) is 0 Å². The molecule has 0 aliphatic carbocycles. The van der Waals surface area contributed by atoms with Gasteiger partial charge >= 0.3 is 61.8 Å². The third-order valence-electron chi connectivity index (χ3n) is 0. The topological polar surface area (TPSA) is 74.6 Å². The molecule has 7 heavy (non-hydrogen) atoms. The van der Waals surface area contributed by atoms with Crippen molar-refractivity contribution in [2.24, 2.45) is 0 Å². The molecule has 7 heteroatoms. The summed E-state index contributed by atoms with van der Waals surface area (Å²) in [6, 6.07) is 0. The molecule has 0 bridgehead atoms. The SMILES string of the molecule is O=S(=O)(O)O.[H-].[K+].[V]. The molecule has 39 valence electrons. The fourth-order valence-corrected chi connectivity index (χ4v) is 0. The van der Waals surface area contributed by atoms with Crippen LogP contribution in [0.15, 0.2) is 0 Å². The molecule has 0 rings (SSSR count). The zero-order chi connectivity index (χ0) is 4.50. The van der Waals surface area contributed by atoms with Crippen molar-refractivity contribution in [1.82, 2.24) is 0 Å². The Morgan fingerprint density at radius 3 is 1.29 bits per heavy atom. The van der Waals surface area contributed by atoms with Crippen LogP contribution >= 0.6 is 0 Å². The van der Waals surface area contributed by atoms with Crippen molar-refractivity contribution in [2.75, 3.05) is 0 Å². The summed E-state index contributed by atoms with van der Waals surface area (Å²) in [5, 5.41) is 0. The Balaban J connectivity index is -0.0000000267. The Morgan fingerprint density at radius 2 is 1.29 bits per heavy atom. The maximum Gasteiger partial charge on any atom is 1.00 e. The molecule has 0 amide bonds. The first-order chi connectivity index (χ1) is 2.00. The van der Waals surface area contributed by atoms with Crippen LogP contribution in [0.5, 0.6) is 0 Å². The van der Waals surface area contributed by atoms with E-state index in [0.717, 1.165) is 0 Å². The van der Waals surface area contributed by atoms with Crippen molar-refractivity contribution in [1.29, 1.82) is 0 Å². The van der Waals surface area contributed by atoms with Gasteiger partial charge in [-0.15, -0.1) is 0 Å². The Labute approximate surface area is 97.4 Å². The molecule has 0 heterocycles. The molecule has 0 unspecified atom stereocenters. The van der Waals surface area contributed by atoms with E-state index in [9.17, 15) is 0 Å². The predicted molar refractivity (Wildman–Crippen MR) is 15.3 cm³/mol. The molecule has 0 aliphatic heterocycles. The maximum absolute atomic E-state index is 8.74. The van der Waals surface area contributed by atoms with Crippen molar-refractivity contribution >= 4 is 10.4 Å². The van der Waals surface area contributed by atoms with E-state index < -0.39 is 10.4 Å². The van der Waals surface area contributed by atoms with Crippen LogP contribution in [0, 0.1) is 0 Å². The van der Waals surface area contributed by atoms with Gasteiger partial charge in [0.25, 0.3) is 0 Å². The van der Waals surface area contributed by atoms with E-state index in [4.69, 9.17) is 17.5 Å². The summed E-state index contributed by atoms with van der Waals surface area (Å²) in [7, 11) is -4.67. The molecule has 0 fully saturated rings. The second-order valence-corrected chi connectivity index (χ2v) is 1.34. The van der Waals surface area contributed by atoms with Gasteiger partial charge in [0, 0.05) is 18.6 Å². The molecular formula is H3KO4SV. The molecule has 1 radical (unpaired) electrons. The fourth-order valence-electron chi connectivity index (χ4n) is 0. The van der Waals surface area contributed by atoms with Crippen LogP contribution in [0.1, 0.15) is 1.43 Å². The Hall–Kier alpha value is 2.09. The third kappa shape index (κ3) is 68.7. The summed E-state index contributed by atoms with van der Waals surface area (Å²) in [4.78, 5) is 0. The van der Waals surface area contributed by atoms with E-state index in [0.29, 0.717) is 0 Å². The van der Waals surface area contributed by atoms with Crippen molar-refractivity contribution in [3.05, 3.63) is 0 Å². The van der Waals surface area contributed by atoms with Crippen LogP contribution in [-0.2, 0) is 29.0 Å². The van der Waals surface area contributed by atoms with Crippen LogP contribution in [0.4, 0.5) is 0 Å². The summed E-state index contributed by atoms with van der Waals surface area (Å²) in [6.07, 6.45) is 0. The second-order valence-electron chi connectivity index (χ2n) is 0.448. The Morgan fingerprint density at radius 1 is 1.29 bits per heavy atom.